The van der Waals surface area contributed by atoms with Gasteiger partial charge in [0.2, 0.25) is 4.96 Å². The van der Waals surface area contributed by atoms with Crippen LogP contribution in [-0.2, 0) is 0 Å². The molecule has 3 rings (SSSR count). The van der Waals surface area contributed by atoms with Gasteiger partial charge in [0.25, 0.3) is 0 Å². The van der Waals surface area contributed by atoms with Crippen molar-refractivity contribution in [2.45, 2.75) is 50.9 Å². The largest absolute Gasteiger partial charge is 0.330 e. The maximum atomic E-state index is 5.79. The van der Waals surface area contributed by atoms with Gasteiger partial charge in [0.1, 0.15) is 5.01 Å². The maximum Gasteiger partial charge on any atom is 0.234 e. The normalized spacial score (nSPS) is 18.8. The summed E-state index contributed by atoms with van der Waals surface area (Å²) in [6.07, 6.45) is 6.08. The van der Waals surface area contributed by atoms with E-state index in [2.05, 4.69) is 22.2 Å². The highest BCUT2D eigenvalue weighted by Crippen LogP contribution is 2.34. The molecule has 1 aliphatic rings. The fourth-order valence-electron chi connectivity index (χ4n) is 2.69. The molecule has 0 aliphatic heterocycles. The minimum Gasteiger partial charge on any atom is -0.330 e. The van der Waals surface area contributed by atoms with Gasteiger partial charge in [0, 0.05) is 18.4 Å². The highest BCUT2D eigenvalue weighted by Gasteiger charge is 2.25. The van der Waals surface area contributed by atoms with Crippen molar-refractivity contribution in [3.63, 3.8) is 0 Å². The number of nitrogens with zero attached hydrogens (tertiary/aromatic N) is 4. The molecule has 18 heavy (non-hydrogen) atoms. The van der Waals surface area contributed by atoms with E-state index in [0.29, 0.717) is 18.4 Å². The standard InChI is InChI=1S/C12H19N5S/c1-2-8(7-13)11-16-17-10(9-5-3-4-6-9)14-15-12(17)18-11/h8-9H,2-7,13H2,1H3. The van der Waals surface area contributed by atoms with Gasteiger partial charge in [-0.1, -0.05) is 31.1 Å². The third-order valence-corrected chi connectivity index (χ3v) is 4.94. The third-order valence-electron chi connectivity index (χ3n) is 3.88. The zero-order valence-electron chi connectivity index (χ0n) is 10.7. The van der Waals surface area contributed by atoms with E-state index in [1.807, 2.05) is 4.52 Å². The van der Waals surface area contributed by atoms with E-state index in [9.17, 15) is 0 Å². The van der Waals surface area contributed by atoms with Crippen LogP contribution in [-0.4, -0.2) is 26.4 Å². The van der Waals surface area contributed by atoms with Gasteiger partial charge in [-0.2, -0.15) is 9.61 Å². The van der Waals surface area contributed by atoms with Gasteiger partial charge in [-0.05, 0) is 19.3 Å². The molecule has 0 saturated heterocycles. The molecular weight excluding hydrogens is 246 g/mol. The van der Waals surface area contributed by atoms with Gasteiger partial charge in [-0.15, -0.1) is 10.2 Å². The Morgan fingerprint density at radius 3 is 2.83 bits per heavy atom. The summed E-state index contributed by atoms with van der Waals surface area (Å²) in [7, 11) is 0. The second kappa shape index (κ2) is 4.93. The molecule has 6 heteroatoms. The summed E-state index contributed by atoms with van der Waals surface area (Å²) in [5.74, 6) is 1.96. The molecule has 2 aromatic rings. The predicted molar refractivity (Wildman–Crippen MR) is 72.0 cm³/mol. The van der Waals surface area contributed by atoms with Crippen LogP contribution in [0.1, 0.15) is 61.7 Å². The monoisotopic (exact) mass is 265 g/mol. The Morgan fingerprint density at radius 1 is 1.39 bits per heavy atom. The number of hydrogen-bond acceptors (Lipinski definition) is 5. The van der Waals surface area contributed by atoms with Crippen LogP contribution in [0.2, 0.25) is 0 Å². The van der Waals surface area contributed by atoms with Crippen LogP contribution in [0.15, 0.2) is 0 Å². The quantitative estimate of drug-likeness (QED) is 0.921. The van der Waals surface area contributed by atoms with Crippen molar-refractivity contribution in [3.05, 3.63) is 10.8 Å². The fourth-order valence-corrected chi connectivity index (χ4v) is 3.73. The van der Waals surface area contributed by atoms with E-state index in [0.717, 1.165) is 22.2 Å². The van der Waals surface area contributed by atoms with Crippen molar-refractivity contribution in [2.24, 2.45) is 5.73 Å². The number of rotatable bonds is 4. The second-order valence-electron chi connectivity index (χ2n) is 5.02. The van der Waals surface area contributed by atoms with E-state index in [-0.39, 0.29) is 0 Å². The minimum absolute atomic E-state index is 0.355. The third kappa shape index (κ3) is 1.93. The predicted octanol–water partition coefficient (Wildman–Crippen LogP) is 2.30. The average Bonchev–Trinajstić information content (AvgIpc) is 3.04. The van der Waals surface area contributed by atoms with Crippen molar-refractivity contribution in [1.82, 2.24) is 19.8 Å². The first kappa shape index (κ1) is 12.0. The topological polar surface area (TPSA) is 69.1 Å². The van der Waals surface area contributed by atoms with Crippen molar-refractivity contribution in [2.75, 3.05) is 6.54 Å². The van der Waals surface area contributed by atoms with E-state index in [4.69, 9.17) is 5.73 Å². The number of fused-ring (bicyclic) bond motifs is 1. The Morgan fingerprint density at radius 2 is 2.17 bits per heavy atom. The summed E-state index contributed by atoms with van der Waals surface area (Å²) < 4.78 is 1.95. The van der Waals surface area contributed by atoms with E-state index < -0.39 is 0 Å². The Hall–Kier alpha value is -1.01. The van der Waals surface area contributed by atoms with E-state index in [1.165, 1.54) is 25.7 Å². The average molecular weight is 265 g/mol. The second-order valence-corrected chi connectivity index (χ2v) is 6.00. The number of hydrogen-bond donors (Lipinski definition) is 1. The molecule has 0 spiro atoms. The molecule has 1 atom stereocenters. The summed E-state index contributed by atoms with van der Waals surface area (Å²) in [5.41, 5.74) is 5.79. The Balaban J connectivity index is 1.97. The van der Waals surface area contributed by atoms with Gasteiger partial charge in [-0.3, -0.25) is 0 Å². The van der Waals surface area contributed by atoms with Crippen molar-refractivity contribution in [1.29, 1.82) is 0 Å². The molecule has 1 aliphatic carbocycles. The zero-order chi connectivity index (χ0) is 12.5. The lowest BCUT2D eigenvalue weighted by Crippen LogP contribution is -2.12. The van der Waals surface area contributed by atoms with Crippen LogP contribution < -0.4 is 5.73 Å². The highest BCUT2D eigenvalue weighted by molar-refractivity contribution is 7.16. The van der Waals surface area contributed by atoms with Crippen LogP contribution in [0, 0.1) is 0 Å². The van der Waals surface area contributed by atoms with Gasteiger partial charge in [0.05, 0.1) is 0 Å². The zero-order valence-corrected chi connectivity index (χ0v) is 11.5. The lowest BCUT2D eigenvalue weighted by molar-refractivity contribution is 0.617. The van der Waals surface area contributed by atoms with Gasteiger partial charge in [0.15, 0.2) is 5.82 Å². The molecule has 1 unspecified atom stereocenters. The summed E-state index contributed by atoms with van der Waals surface area (Å²) in [4.78, 5) is 0.916. The SMILES string of the molecule is CCC(CN)c1nn2c(C3CCCC3)nnc2s1. The van der Waals surface area contributed by atoms with Gasteiger partial charge in [-0.25, -0.2) is 0 Å². The smallest absolute Gasteiger partial charge is 0.234 e. The first-order valence-corrected chi connectivity index (χ1v) is 7.57. The number of aromatic nitrogens is 4. The first-order chi connectivity index (χ1) is 8.83. The minimum atomic E-state index is 0.355. The molecule has 5 nitrogen and oxygen atoms in total. The van der Waals surface area contributed by atoms with Crippen molar-refractivity contribution >= 4 is 16.3 Å². The summed E-state index contributed by atoms with van der Waals surface area (Å²) in [6.45, 7) is 2.80. The Labute approximate surface area is 110 Å². The molecule has 0 radical (unpaired) electrons. The van der Waals surface area contributed by atoms with Crippen LogP contribution in [0.4, 0.5) is 0 Å². The molecule has 0 bridgehead atoms. The Bertz CT molecular complexity index is 522. The molecule has 0 aromatic carbocycles. The van der Waals surface area contributed by atoms with Crippen LogP contribution in [0.3, 0.4) is 0 Å². The van der Waals surface area contributed by atoms with Crippen molar-refractivity contribution in [3.8, 4) is 0 Å². The fraction of sp³-hybridized carbons (Fsp3) is 0.750. The molecule has 2 aromatic heterocycles. The Kier molecular flexibility index (Phi) is 3.30. The highest BCUT2D eigenvalue weighted by atomic mass is 32.1. The lowest BCUT2D eigenvalue weighted by Gasteiger charge is -2.07. The number of nitrogens with two attached hydrogens (primary N) is 1. The van der Waals surface area contributed by atoms with Gasteiger partial charge >= 0.3 is 0 Å². The summed E-state index contributed by atoms with van der Waals surface area (Å²) >= 11 is 1.63. The molecule has 2 heterocycles. The molecule has 0 amide bonds. The maximum absolute atomic E-state index is 5.79. The van der Waals surface area contributed by atoms with E-state index >= 15 is 0 Å². The van der Waals surface area contributed by atoms with Crippen LogP contribution in [0.25, 0.3) is 4.96 Å². The molecule has 1 fully saturated rings. The first-order valence-electron chi connectivity index (χ1n) is 6.75. The van der Waals surface area contributed by atoms with E-state index in [1.54, 1.807) is 11.3 Å². The van der Waals surface area contributed by atoms with Crippen LogP contribution >= 0.6 is 11.3 Å². The van der Waals surface area contributed by atoms with Crippen LogP contribution in [0.5, 0.6) is 0 Å². The molecule has 1 saturated carbocycles. The molecular formula is C12H19N5S. The molecule has 2 N–H and O–H groups in total. The van der Waals surface area contributed by atoms with Gasteiger partial charge < -0.3 is 5.73 Å². The molecule has 98 valence electrons. The summed E-state index contributed by atoms with van der Waals surface area (Å²) in [5, 5.41) is 14.4. The van der Waals surface area contributed by atoms with Crippen molar-refractivity contribution < 1.29 is 0 Å². The summed E-state index contributed by atoms with van der Waals surface area (Å²) in [6, 6.07) is 0. The lowest BCUT2D eigenvalue weighted by atomic mass is 10.1.